The number of pyridine rings is 1. The fourth-order valence-electron chi connectivity index (χ4n) is 5.12. The van der Waals surface area contributed by atoms with Gasteiger partial charge in [0.05, 0.1) is 16.9 Å². The predicted molar refractivity (Wildman–Crippen MR) is 142 cm³/mol. The minimum Gasteiger partial charge on any atom is -0.485 e. The van der Waals surface area contributed by atoms with Crippen LogP contribution in [0.3, 0.4) is 0 Å². The Labute approximate surface area is 230 Å². The normalized spacial score (nSPS) is 16.6. The number of carboxylic acids is 1. The van der Waals surface area contributed by atoms with Crippen LogP contribution in [-0.2, 0) is 4.79 Å². The van der Waals surface area contributed by atoms with E-state index in [9.17, 15) is 28.3 Å². The first kappa shape index (κ1) is 26.2. The Kier molecular flexibility index (Phi) is 6.52. The molecule has 210 valence electrons. The molecular weight excluding hydrogens is 543 g/mol. The number of hydrogen-bond donors (Lipinski definition) is 1. The Bertz CT molecular complexity index is 1770. The monoisotopic (exact) mass is 565 g/mol. The van der Waals surface area contributed by atoms with E-state index in [1.54, 1.807) is 34.1 Å². The summed E-state index contributed by atoms with van der Waals surface area (Å²) < 4.78 is 56.3. The number of piperazine rings is 1. The van der Waals surface area contributed by atoms with Crippen molar-refractivity contribution in [2.24, 2.45) is 0 Å². The number of rotatable bonds is 4. The van der Waals surface area contributed by atoms with Gasteiger partial charge in [-0.3, -0.25) is 9.59 Å². The number of anilines is 1. The van der Waals surface area contributed by atoms with Crippen LogP contribution in [0.4, 0.5) is 18.9 Å². The van der Waals surface area contributed by atoms with Gasteiger partial charge in [0, 0.05) is 43.8 Å². The molecule has 0 saturated carbocycles. The molecule has 0 radical (unpaired) electrons. The lowest BCUT2D eigenvalue weighted by Crippen LogP contribution is -2.54. The summed E-state index contributed by atoms with van der Waals surface area (Å²) >= 11 is 0. The number of carboxylic acid groups (broad SMARTS) is 1. The zero-order valence-corrected chi connectivity index (χ0v) is 21.4. The molecule has 12 heteroatoms. The summed E-state index contributed by atoms with van der Waals surface area (Å²) in [5.41, 5.74) is -1.75. The van der Waals surface area contributed by atoms with E-state index in [1.165, 1.54) is 6.07 Å². The molecule has 1 unspecified atom stereocenters. The maximum atomic E-state index is 15.4. The lowest BCUT2D eigenvalue weighted by atomic mass is 10.1. The van der Waals surface area contributed by atoms with Crippen molar-refractivity contribution in [1.29, 1.82) is 0 Å². The first-order valence-corrected chi connectivity index (χ1v) is 12.7. The van der Waals surface area contributed by atoms with E-state index in [-0.39, 0.29) is 61.0 Å². The summed E-state index contributed by atoms with van der Waals surface area (Å²) in [6.07, 6.45) is 0.115. The number of fused-ring (bicyclic) bond motifs is 2. The maximum absolute atomic E-state index is 15.4. The van der Waals surface area contributed by atoms with Crippen LogP contribution in [0.15, 0.2) is 65.6 Å². The highest BCUT2D eigenvalue weighted by Crippen LogP contribution is 2.32. The predicted octanol–water partition coefficient (Wildman–Crippen LogP) is 3.59. The number of ether oxygens (including phenoxy) is 2. The summed E-state index contributed by atoms with van der Waals surface area (Å²) in [4.78, 5) is 41.0. The second-order valence-corrected chi connectivity index (χ2v) is 9.64. The number of carbonyl (C=O) groups is 2. The second-order valence-electron chi connectivity index (χ2n) is 9.64. The zero-order valence-electron chi connectivity index (χ0n) is 21.4. The minimum atomic E-state index is -1.57. The van der Waals surface area contributed by atoms with Crippen molar-refractivity contribution in [3.63, 3.8) is 0 Å². The maximum Gasteiger partial charge on any atom is 0.341 e. The number of aromatic nitrogens is 1. The number of para-hydroxylation sites is 2. The summed E-state index contributed by atoms with van der Waals surface area (Å²) in [5, 5.41) is 9.25. The smallest absolute Gasteiger partial charge is 0.341 e. The van der Waals surface area contributed by atoms with Crippen molar-refractivity contribution in [3.8, 4) is 17.2 Å². The summed E-state index contributed by atoms with van der Waals surface area (Å²) in [5.74, 6) is -3.44. The molecule has 1 fully saturated rings. The van der Waals surface area contributed by atoms with Crippen molar-refractivity contribution >= 4 is 28.5 Å². The average molecular weight is 566 g/mol. The first-order valence-electron chi connectivity index (χ1n) is 12.7. The second kappa shape index (κ2) is 10.2. The van der Waals surface area contributed by atoms with Crippen LogP contribution < -0.4 is 19.8 Å². The van der Waals surface area contributed by atoms with Crippen molar-refractivity contribution in [3.05, 3.63) is 94.0 Å². The number of aromatic carboxylic acids is 1. The van der Waals surface area contributed by atoms with Crippen LogP contribution >= 0.6 is 0 Å². The molecule has 0 spiro atoms. The van der Waals surface area contributed by atoms with Gasteiger partial charge in [-0.25, -0.2) is 18.0 Å². The molecule has 1 N–H and O–H groups in total. The third kappa shape index (κ3) is 4.71. The Balaban J connectivity index is 1.30. The van der Waals surface area contributed by atoms with E-state index in [2.05, 4.69) is 0 Å². The summed E-state index contributed by atoms with van der Waals surface area (Å²) in [6, 6.07) is 12.0. The van der Waals surface area contributed by atoms with Gasteiger partial charge in [-0.2, -0.15) is 0 Å². The zero-order chi connectivity index (χ0) is 28.8. The van der Waals surface area contributed by atoms with Gasteiger partial charge in [0.25, 0.3) is 5.91 Å². The van der Waals surface area contributed by atoms with Crippen LogP contribution in [0.5, 0.6) is 11.5 Å². The van der Waals surface area contributed by atoms with Crippen LogP contribution in [0, 0.1) is 17.5 Å². The highest BCUT2D eigenvalue weighted by atomic mass is 19.1. The molecule has 0 bridgehead atoms. The van der Waals surface area contributed by atoms with E-state index >= 15 is 4.39 Å². The first-order chi connectivity index (χ1) is 19.7. The highest BCUT2D eigenvalue weighted by Gasteiger charge is 2.33. The molecule has 2 aliphatic rings. The molecule has 1 saturated heterocycles. The Morgan fingerprint density at radius 3 is 2.29 bits per heavy atom. The van der Waals surface area contributed by atoms with Crippen LogP contribution in [0.1, 0.15) is 10.4 Å². The SMILES string of the molecule is O=C(O)c1cn(-c2ccc(F)cc2F)c2cc(N3CCN(C(=O)C4COc5ccccc5O4)CC3)c(F)cc2c1=O. The number of hydrogen-bond acceptors (Lipinski definition) is 6. The van der Waals surface area contributed by atoms with Gasteiger partial charge < -0.3 is 28.9 Å². The molecule has 3 heterocycles. The molecule has 41 heavy (non-hydrogen) atoms. The molecule has 1 amide bonds. The van der Waals surface area contributed by atoms with Gasteiger partial charge in [0.15, 0.2) is 11.5 Å². The van der Waals surface area contributed by atoms with Gasteiger partial charge in [-0.15, -0.1) is 0 Å². The number of halogens is 3. The molecule has 6 rings (SSSR count). The fourth-order valence-corrected chi connectivity index (χ4v) is 5.12. The number of benzene rings is 3. The molecule has 2 aliphatic heterocycles. The lowest BCUT2D eigenvalue weighted by Gasteiger charge is -2.38. The van der Waals surface area contributed by atoms with Gasteiger partial charge in [0.2, 0.25) is 11.5 Å². The summed E-state index contributed by atoms with van der Waals surface area (Å²) in [6.45, 7) is 1.02. The number of carbonyl (C=O) groups excluding carboxylic acids is 1. The van der Waals surface area contributed by atoms with E-state index in [0.717, 1.165) is 29.0 Å². The molecular formula is C29H22F3N3O6. The molecule has 1 atom stereocenters. The average Bonchev–Trinajstić information content (AvgIpc) is 2.97. The fraction of sp³-hybridized carbons (Fsp3) is 0.207. The largest absolute Gasteiger partial charge is 0.485 e. The standard InChI is InChI=1S/C29H22F3N3O6/c30-16-5-6-21(19(31)11-16)35-14-18(29(38)39)27(36)17-12-20(32)23(13-22(17)35)33-7-9-34(10-8-33)28(37)26-15-40-24-3-1-2-4-25(24)41-26/h1-6,11-14,26H,7-10,15H2,(H,38,39). The Hall–Kier alpha value is -5.00. The molecule has 3 aromatic carbocycles. The Morgan fingerprint density at radius 2 is 1.59 bits per heavy atom. The van der Waals surface area contributed by atoms with Crippen molar-refractivity contribution in [2.45, 2.75) is 6.10 Å². The lowest BCUT2D eigenvalue weighted by molar-refractivity contribution is -0.141. The molecule has 4 aromatic rings. The van der Waals surface area contributed by atoms with Crippen LogP contribution in [0.2, 0.25) is 0 Å². The topological polar surface area (TPSA) is 101 Å². The van der Waals surface area contributed by atoms with Crippen LogP contribution in [-0.4, -0.2) is 65.3 Å². The van der Waals surface area contributed by atoms with Crippen LogP contribution in [0.25, 0.3) is 16.6 Å². The highest BCUT2D eigenvalue weighted by molar-refractivity contribution is 5.94. The van der Waals surface area contributed by atoms with E-state index in [0.29, 0.717) is 17.6 Å². The minimum absolute atomic E-state index is 0.0341. The van der Waals surface area contributed by atoms with Crippen molar-refractivity contribution in [1.82, 2.24) is 9.47 Å². The number of nitrogens with zero attached hydrogens (tertiary/aromatic N) is 3. The van der Waals surface area contributed by atoms with E-state index < -0.39 is 40.5 Å². The molecule has 0 aliphatic carbocycles. The third-order valence-electron chi connectivity index (χ3n) is 7.19. The summed E-state index contributed by atoms with van der Waals surface area (Å²) in [7, 11) is 0. The number of amides is 1. The van der Waals surface area contributed by atoms with Gasteiger partial charge >= 0.3 is 5.97 Å². The van der Waals surface area contributed by atoms with Gasteiger partial charge in [-0.1, -0.05) is 12.1 Å². The molecule has 9 nitrogen and oxygen atoms in total. The Morgan fingerprint density at radius 1 is 0.878 bits per heavy atom. The van der Waals surface area contributed by atoms with E-state index in [1.807, 2.05) is 0 Å². The van der Waals surface area contributed by atoms with Crippen molar-refractivity contribution in [2.75, 3.05) is 37.7 Å². The molecule has 1 aromatic heterocycles. The van der Waals surface area contributed by atoms with Crippen molar-refractivity contribution < 1.29 is 37.3 Å². The quantitative estimate of drug-likeness (QED) is 0.404. The van der Waals surface area contributed by atoms with Gasteiger partial charge in [-0.05, 0) is 36.4 Å². The third-order valence-corrected chi connectivity index (χ3v) is 7.19. The van der Waals surface area contributed by atoms with Gasteiger partial charge in [0.1, 0.15) is 29.6 Å². The van der Waals surface area contributed by atoms with E-state index in [4.69, 9.17) is 9.47 Å².